The van der Waals surface area contributed by atoms with Gasteiger partial charge in [-0.3, -0.25) is 4.79 Å². The van der Waals surface area contributed by atoms with Gasteiger partial charge in [0.2, 0.25) is 5.91 Å². The molecular formula is C18H13Cl3N2O2S. The van der Waals surface area contributed by atoms with Gasteiger partial charge in [-0.05, 0) is 42.0 Å². The quantitative estimate of drug-likeness (QED) is 0.296. The molecule has 2 aromatic carbocycles. The number of hydrogen-bond acceptors (Lipinski definition) is 4. The molecule has 0 atom stereocenters. The highest BCUT2D eigenvalue weighted by Gasteiger charge is 2.09. The van der Waals surface area contributed by atoms with Crippen molar-refractivity contribution >= 4 is 58.7 Å². The molecule has 0 bridgehead atoms. The average Bonchev–Trinajstić information content (AvgIpc) is 2.60. The number of amides is 1. The average molecular weight is 428 g/mol. The van der Waals surface area contributed by atoms with E-state index in [2.05, 4.69) is 16.4 Å². The number of thioether (sulfide) groups is 1. The van der Waals surface area contributed by atoms with E-state index in [1.165, 1.54) is 18.0 Å². The molecule has 4 nitrogen and oxygen atoms in total. The maximum atomic E-state index is 11.8. The van der Waals surface area contributed by atoms with Crippen molar-refractivity contribution < 1.29 is 9.53 Å². The summed E-state index contributed by atoms with van der Waals surface area (Å²) in [5.41, 5.74) is 3.05. The summed E-state index contributed by atoms with van der Waals surface area (Å²) in [6, 6.07) is 10.4. The predicted octanol–water partition coefficient (Wildman–Crippen LogP) is 4.90. The van der Waals surface area contributed by atoms with Crippen molar-refractivity contribution in [2.45, 2.75) is 4.90 Å². The Morgan fingerprint density at radius 3 is 2.50 bits per heavy atom. The summed E-state index contributed by atoms with van der Waals surface area (Å²) < 4.78 is 5.27. The molecule has 0 aliphatic heterocycles. The van der Waals surface area contributed by atoms with Crippen LogP contribution in [-0.2, 0) is 4.79 Å². The van der Waals surface area contributed by atoms with Crippen molar-refractivity contribution in [1.82, 2.24) is 5.43 Å². The van der Waals surface area contributed by atoms with Crippen LogP contribution in [0.4, 0.5) is 0 Å². The van der Waals surface area contributed by atoms with E-state index in [0.29, 0.717) is 26.4 Å². The zero-order valence-corrected chi connectivity index (χ0v) is 16.4. The molecule has 0 aliphatic rings. The first kappa shape index (κ1) is 20.5. The van der Waals surface area contributed by atoms with Crippen molar-refractivity contribution in [3.63, 3.8) is 0 Å². The summed E-state index contributed by atoms with van der Waals surface area (Å²) in [5, 5.41) is 5.15. The van der Waals surface area contributed by atoms with Crippen LogP contribution in [-0.4, -0.2) is 24.5 Å². The molecular weight excluding hydrogens is 415 g/mol. The van der Waals surface area contributed by atoms with Crippen LogP contribution < -0.4 is 10.2 Å². The fourth-order valence-electron chi connectivity index (χ4n) is 1.80. The zero-order chi connectivity index (χ0) is 18.9. The number of nitrogens with zero attached hydrogens (tertiary/aromatic N) is 1. The third-order valence-corrected chi connectivity index (χ3v) is 4.73. The molecule has 8 heteroatoms. The number of ether oxygens (including phenoxy) is 1. The van der Waals surface area contributed by atoms with Gasteiger partial charge in [-0.2, -0.15) is 5.10 Å². The molecule has 2 aromatic rings. The summed E-state index contributed by atoms with van der Waals surface area (Å²) in [6.07, 6.45) is 6.58. The number of halogens is 3. The van der Waals surface area contributed by atoms with Gasteiger partial charge >= 0.3 is 0 Å². The standard InChI is InChI=1S/C18H13Cl3N2O2S/c1-2-7-25-18-15(20)8-12(9-16(18)21)10-22-23-17(24)11-26-14-5-3-13(19)4-6-14/h1,3-6,8-10H,7,11H2,(H,23,24)/b22-10-. The van der Waals surface area contributed by atoms with Crippen LogP contribution in [0.1, 0.15) is 5.56 Å². The van der Waals surface area contributed by atoms with Gasteiger partial charge in [0.25, 0.3) is 0 Å². The van der Waals surface area contributed by atoms with Crippen molar-refractivity contribution in [3.8, 4) is 18.1 Å². The largest absolute Gasteiger partial charge is 0.478 e. The normalized spacial score (nSPS) is 10.5. The van der Waals surface area contributed by atoms with Crippen LogP contribution in [0, 0.1) is 12.3 Å². The minimum atomic E-state index is -0.243. The molecule has 0 heterocycles. The van der Waals surface area contributed by atoms with Gasteiger partial charge in [0.1, 0.15) is 6.61 Å². The number of carbonyl (C=O) groups excluding carboxylic acids is 1. The Balaban J connectivity index is 1.88. The molecule has 1 N–H and O–H groups in total. The molecule has 0 unspecified atom stereocenters. The van der Waals surface area contributed by atoms with Gasteiger partial charge in [-0.15, -0.1) is 18.2 Å². The van der Waals surface area contributed by atoms with Crippen LogP contribution >= 0.6 is 46.6 Å². The number of terminal acetylenes is 1. The number of rotatable bonds is 7. The minimum absolute atomic E-state index is 0.0637. The monoisotopic (exact) mass is 426 g/mol. The van der Waals surface area contributed by atoms with Crippen molar-refractivity contribution in [3.05, 3.63) is 57.0 Å². The van der Waals surface area contributed by atoms with Crippen LogP contribution in [0.3, 0.4) is 0 Å². The van der Waals surface area contributed by atoms with E-state index in [-0.39, 0.29) is 18.3 Å². The van der Waals surface area contributed by atoms with Gasteiger partial charge in [0.15, 0.2) is 5.75 Å². The maximum Gasteiger partial charge on any atom is 0.250 e. The zero-order valence-electron chi connectivity index (χ0n) is 13.3. The van der Waals surface area contributed by atoms with Crippen molar-refractivity contribution in [2.75, 3.05) is 12.4 Å². The summed E-state index contributed by atoms with van der Waals surface area (Å²) in [7, 11) is 0. The Morgan fingerprint density at radius 2 is 1.88 bits per heavy atom. The van der Waals surface area contributed by atoms with Gasteiger partial charge in [0.05, 0.1) is 22.0 Å². The highest BCUT2D eigenvalue weighted by Crippen LogP contribution is 2.33. The van der Waals surface area contributed by atoms with Crippen LogP contribution in [0.5, 0.6) is 5.75 Å². The second-order valence-electron chi connectivity index (χ2n) is 4.84. The summed E-state index contributed by atoms with van der Waals surface area (Å²) >= 11 is 19.4. The van der Waals surface area contributed by atoms with Crippen molar-refractivity contribution in [2.24, 2.45) is 5.10 Å². The van der Waals surface area contributed by atoms with Crippen LogP contribution in [0.2, 0.25) is 15.1 Å². The number of hydrogen-bond donors (Lipinski definition) is 1. The Labute approximate surface area is 170 Å². The highest BCUT2D eigenvalue weighted by molar-refractivity contribution is 8.00. The lowest BCUT2D eigenvalue weighted by atomic mass is 10.2. The Bertz CT molecular complexity index is 826. The van der Waals surface area contributed by atoms with E-state index in [4.69, 9.17) is 46.0 Å². The van der Waals surface area contributed by atoms with Gasteiger partial charge < -0.3 is 4.74 Å². The molecule has 0 aromatic heterocycles. The molecule has 0 aliphatic carbocycles. The van der Waals surface area contributed by atoms with Crippen LogP contribution in [0.25, 0.3) is 0 Å². The second-order valence-corrected chi connectivity index (χ2v) is 7.14. The number of carbonyl (C=O) groups is 1. The molecule has 1 amide bonds. The number of benzene rings is 2. The highest BCUT2D eigenvalue weighted by atomic mass is 35.5. The molecule has 0 saturated carbocycles. The van der Waals surface area contributed by atoms with Gasteiger partial charge in [-0.1, -0.05) is 40.7 Å². The Kier molecular flexibility index (Phi) is 8.14. The van der Waals surface area contributed by atoms with E-state index >= 15 is 0 Å². The number of hydrazone groups is 1. The molecule has 0 fully saturated rings. The fraction of sp³-hybridized carbons (Fsp3) is 0.111. The van der Waals surface area contributed by atoms with Crippen molar-refractivity contribution in [1.29, 1.82) is 0 Å². The lowest BCUT2D eigenvalue weighted by Gasteiger charge is -2.08. The van der Waals surface area contributed by atoms with E-state index in [0.717, 1.165) is 4.90 Å². The van der Waals surface area contributed by atoms with Gasteiger partial charge in [0, 0.05) is 9.92 Å². The molecule has 134 valence electrons. The van der Waals surface area contributed by atoms with Gasteiger partial charge in [-0.25, -0.2) is 5.43 Å². The molecule has 0 saturated heterocycles. The van der Waals surface area contributed by atoms with Crippen LogP contribution in [0.15, 0.2) is 46.4 Å². The first-order chi connectivity index (χ1) is 12.5. The number of nitrogens with one attached hydrogen (secondary N) is 1. The molecule has 0 spiro atoms. The molecule has 26 heavy (non-hydrogen) atoms. The third-order valence-electron chi connectivity index (χ3n) is 2.91. The summed E-state index contributed by atoms with van der Waals surface area (Å²) in [6.45, 7) is 0.0637. The molecule has 2 rings (SSSR count). The first-order valence-corrected chi connectivity index (χ1v) is 9.37. The predicted molar refractivity (Wildman–Crippen MR) is 109 cm³/mol. The Morgan fingerprint density at radius 1 is 1.23 bits per heavy atom. The second kappa shape index (κ2) is 10.3. The first-order valence-electron chi connectivity index (χ1n) is 7.25. The topological polar surface area (TPSA) is 50.7 Å². The maximum absolute atomic E-state index is 11.8. The van der Waals surface area contributed by atoms with E-state index in [9.17, 15) is 4.79 Å². The van der Waals surface area contributed by atoms with E-state index < -0.39 is 0 Å². The SMILES string of the molecule is C#CCOc1c(Cl)cc(/C=N\NC(=O)CSc2ccc(Cl)cc2)cc1Cl. The van der Waals surface area contributed by atoms with E-state index in [1.54, 1.807) is 24.3 Å². The smallest absolute Gasteiger partial charge is 0.250 e. The third kappa shape index (κ3) is 6.47. The summed E-state index contributed by atoms with van der Waals surface area (Å²) in [4.78, 5) is 12.8. The lowest BCUT2D eigenvalue weighted by molar-refractivity contribution is -0.118. The minimum Gasteiger partial charge on any atom is -0.478 e. The lowest BCUT2D eigenvalue weighted by Crippen LogP contribution is -2.19. The Hall–Kier alpha value is -1.84. The van der Waals surface area contributed by atoms with E-state index in [1.807, 2.05) is 12.1 Å². The fourth-order valence-corrected chi connectivity index (χ4v) is 3.23. The molecule has 0 radical (unpaired) electrons. The summed E-state index contributed by atoms with van der Waals surface area (Å²) in [5.74, 6) is 2.63.